The van der Waals surface area contributed by atoms with Crippen LogP contribution < -0.4 is 5.32 Å². The number of rotatable bonds is 5. The second-order valence-electron chi connectivity index (χ2n) is 8.95. The lowest BCUT2D eigenvalue weighted by Crippen LogP contribution is -2.45. The third-order valence-corrected chi connectivity index (χ3v) is 6.74. The topological polar surface area (TPSA) is 78.4 Å². The molecule has 34 heavy (non-hydrogen) atoms. The highest BCUT2D eigenvalue weighted by Crippen LogP contribution is 2.23. The summed E-state index contributed by atoms with van der Waals surface area (Å²) < 4.78 is 0. The Morgan fingerprint density at radius 3 is 2.26 bits per heavy atom. The molecule has 0 spiro atoms. The van der Waals surface area contributed by atoms with Gasteiger partial charge in [0.1, 0.15) is 5.69 Å². The molecule has 2 aliphatic heterocycles. The molecule has 2 aromatic carbocycles. The maximum Gasteiger partial charge on any atom is 0.275 e. The van der Waals surface area contributed by atoms with Crippen molar-refractivity contribution in [1.29, 1.82) is 0 Å². The lowest BCUT2D eigenvalue weighted by Gasteiger charge is -2.36. The van der Waals surface area contributed by atoms with Gasteiger partial charge in [0.25, 0.3) is 11.8 Å². The molecular weight excluding hydrogens is 426 g/mol. The van der Waals surface area contributed by atoms with E-state index in [1.54, 1.807) is 6.20 Å². The molecule has 2 saturated heterocycles. The second-order valence-corrected chi connectivity index (χ2v) is 8.95. The Kier molecular flexibility index (Phi) is 6.62. The van der Waals surface area contributed by atoms with E-state index < -0.39 is 0 Å². The number of carbonyl (C=O) groups is 2. The fourth-order valence-corrected chi connectivity index (χ4v) is 4.84. The van der Waals surface area contributed by atoms with Crippen LogP contribution in [0.1, 0.15) is 46.5 Å². The second kappa shape index (κ2) is 10.1. The first-order valence-corrected chi connectivity index (χ1v) is 12.0. The summed E-state index contributed by atoms with van der Waals surface area (Å²) in [4.78, 5) is 38.8. The van der Waals surface area contributed by atoms with Crippen LogP contribution in [0.25, 0.3) is 11.3 Å². The molecule has 3 heterocycles. The van der Waals surface area contributed by atoms with E-state index in [4.69, 9.17) is 0 Å². The van der Waals surface area contributed by atoms with Crippen LogP contribution in [0.3, 0.4) is 0 Å². The van der Waals surface area contributed by atoms with Gasteiger partial charge in [0.05, 0.1) is 18.1 Å². The van der Waals surface area contributed by atoms with Gasteiger partial charge in [-0.25, -0.2) is 4.98 Å². The summed E-state index contributed by atoms with van der Waals surface area (Å²) >= 11 is 0. The molecule has 0 atom stereocenters. The largest absolute Gasteiger partial charge is 0.339 e. The van der Waals surface area contributed by atoms with Crippen LogP contribution in [-0.4, -0.2) is 63.8 Å². The molecule has 7 heteroatoms. The fraction of sp³-hybridized carbons (Fsp3) is 0.333. The van der Waals surface area contributed by atoms with Crippen molar-refractivity contribution in [2.75, 3.05) is 31.5 Å². The zero-order valence-corrected chi connectivity index (χ0v) is 19.2. The maximum atomic E-state index is 13.0. The molecule has 2 amide bonds. The Morgan fingerprint density at radius 1 is 0.853 bits per heavy atom. The molecule has 0 saturated carbocycles. The summed E-state index contributed by atoms with van der Waals surface area (Å²) in [5.74, 6) is -0.238. The first-order chi connectivity index (χ1) is 16.7. The third-order valence-electron chi connectivity index (χ3n) is 6.74. The first-order valence-electron chi connectivity index (χ1n) is 12.0. The predicted molar refractivity (Wildman–Crippen MR) is 132 cm³/mol. The molecule has 1 N–H and O–H groups in total. The van der Waals surface area contributed by atoms with Crippen molar-refractivity contribution in [2.45, 2.75) is 31.7 Å². The number of hydrogen-bond donors (Lipinski definition) is 1. The van der Waals surface area contributed by atoms with E-state index in [0.29, 0.717) is 23.0 Å². The number of hydrogen-bond acceptors (Lipinski definition) is 5. The van der Waals surface area contributed by atoms with Gasteiger partial charge in [-0.1, -0.05) is 30.3 Å². The highest BCUT2D eigenvalue weighted by atomic mass is 16.2. The number of aromatic nitrogens is 2. The molecule has 0 aliphatic carbocycles. The van der Waals surface area contributed by atoms with Gasteiger partial charge in [-0.15, -0.1) is 0 Å². The number of amides is 2. The minimum absolute atomic E-state index is 0.0773. The van der Waals surface area contributed by atoms with E-state index in [9.17, 15) is 9.59 Å². The lowest BCUT2D eigenvalue weighted by atomic mass is 10.0. The van der Waals surface area contributed by atoms with Gasteiger partial charge >= 0.3 is 0 Å². The van der Waals surface area contributed by atoms with Gasteiger partial charge in [0, 0.05) is 35.9 Å². The number of likely N-dealkylation sites (tertiary alicyclic amines) is 2. The summed E-state index contributed by atoms with van der Waals surface area (Å²) in [5.41, 5.74) is 3.01. The highest BCUT2D eigenvalue weighted by Gasteiger charge is 2.28. The van der Waals surface area contributed by atoms with E-state index in [-0.39, 0.29) is 17.5 Å². The van der Waals surface area contributed by atoms with E-state index in [1.807, 2.05) is 59.5 Å². The average Bonchev–Trinajstić information content (AvgIpc) is 3.44. The van der Waals surface area contributed by atoms with Crippen LogP contribution in [0.4, 0.5) is 5.69 Å². The summed E-state index contributed by atoms with van der Waals surface area (Å²) in [6.45, 7) is 4.04. The zero-order chi connectivity index (χ0) is 23.3. The van der Waals surface area contributed by atoms with Crippen LogP contribution in [0.5, 0.6) is 0 Å². The van der Waals surface area contributed by atoms with E-state index in [0.717, 1.165) is 31.5 Å². The summed E-state index contributed by atoms with van der Waals surface area (Å²) in [6, 6.07) is 17.3. The molecule has 5 rings (SSSR count). The molecule has 2 fully saturated rings. The molecule has 7 nitrogen and oxygen atoms in total. The Morgan fingerprint density at radius 2 is 1.56 bits per heavy atom. The number of nitrogens with zero attached hydrogens (tertiary/aromatic N) is 4. The number of carbonyl (C=O) groups excluding carboxylic acids is 2. The first kappa shape index (κ1) is 22.2. The predicted octanol–water partition coefficient (Wildman–Crippen LogP) is 4.10. The quantitative estimate of drug-likeness (QED) is 0.627. The average molecular weight is 456 g/mol. The van der Waals surface area contributed by atoms with Gasteiger partial charge in [-0.3, -0.25) is 14.6 Å². The van der Waals surface area contributed by atoms with E-state index in [2.05, 4.69) is 20.2 Å². The van der Waals surface area contributed by atoms with Crippen molar-refractivity contribution >= 4 is 17.5 Å². The molecule has 174 valence electrons. The minimum Gasteiger partial charge on any atom is -0.339 e. The van der Waals surface area contributed by atoms with Gasteiger partial charge in [0.15, 0.2) is 0 Å². The smallest absolute Gasteiger partial charge is 0.275 e. The Balaban J connectivity index is 1.22. The van der Waals surface area contributed by atoms with Crippen molar-refractivity contribution in [2.24, 2.45) is 0 Å². The van der Waals surface area contributed by atoms with Crippen molar-refractivity contribution < 1.29 is 9.59 Å². The molecule has 2 aliphatic rings. The summed E-state index contributed by atoms with van der Waals surface area (Å²) in [5, 5.41) is 2.82. The van der Waals surface area contributed by atoms with Crippen molar-refractivity contribution in [3.8, 4) is 11.3 Å². The van der Waals surface area contributed by atoms with Crippen LogP contribution in [0.2, 0.25) is 0 Å². The Bertz CT molecular complexity index is 1140. The van der Waals surface area contributed by atoms with Gasteiger partial charge in [-0.05, 0) is 63.0 Å². The Hall–Kier alpha value is -3.58. The molecule has 0 unspecified atom stereocenters. The third kappa shape index (κ3) is 4.99. The summed E-state index contributed by atoms with van der Waals surface area (Å²) in [7, 11) is 0. The van der Waals surface area contributed by atoms with Gasteiger partial charge in [0.2, 0.25) is 0 Å². The van der Waals surface area contributed by atoms with E-state index >= 15 is 0 Å². The van der Waals surface area contributed by atoms with Crippen molar-refractivity contribution in [3.05, 3.63) is 78.2 Å². The standard InChI is InChI=1S/C27H29N5O2/c33-26(29-22-6-2-1-3-7-22)25-19-28-18-24(30-25)20-8-10-21(11-9-20)27(34)32-16-12-23(13-17-32)31-14-4-5-15-31/h1-3,6-11,18-19,23H,4-5,12-17H2,(H,29,33). The monoisotopic (exact) mass is 455 g/mol. The molecule has 0 radical (unpaired) electrons. The molecule has 1 aromatic heterocycles. The van der Waals surface area contributed by atoms with Gasteiger partial charge < -0.3 is 15.1 Å². The van der Waals surface area contributed by atoms with Crippen LogP contribution >= 0.6 is 0 Å². The van der Waals surface area contributed by atoms with Gasteiger partial charge in [-0.2, -0.15) is 0 Å². The normalized spacial score (nSPS) is 17.0. The highest BCUT2D eigenvalue weighted by molar-refractivity contribution is 6.03. The van der Waals surface area contributed by atoms with Crippen LogP contribution in [-0.2, 0) is 0 Å². The molecular formula is C27H29N5O2. The number of piperidine rings is 1. The number of anilines is 1. The van der Waals surface area contributed by atoms with Crippen molar-refractivity contribution in [1.82, 2.24) is 19.8 Å². The van der Waals surface area contributed by atoms with E-state index in [1.165, 1.54) is 32.1 Å². The zero-order valence-electron chi connectivity index (χ0n) is 19.2. The van der Waals surface area contributed by atoms with Crippen LogP contribution in [0.15, 0.2) is 67.0 Å². The molecule has 3 aromatic rings. The van der Waals surface area contributed by atoms with Crippen LogP contribution in [0, 0.1) is 0 Å². The Labute approximate surface area is 199 Å². The minimum atomic E-state index is -0.315. The summed E-state index contributed by atoms with van der Waals surface area (Å²) in [6.07, 6.45) is 7.78. The number of para-hydroxylation sites is 1. The lowest BCUT2D eigenvalue weighted by molar-refractivity contribution is 0.0644. The molecule has 0 bridgehead atoms. The SMILES string of the molecule is O=C(Nc1ccccc1)c1cncc(-c2ccc(C(=O)N3CCC(N4CCCC4)CC3)cc2)n1. The number of benzene rings is 2. The fourth-order valence-electron chi connectivity index (χ4n) is 4.84. The van der Waals surface area contributed by atoms with Crippen molar-refractivity contribution in [3.63, 3.8) is 0 Å². The maximum absolute atomic E-state index is 13.0. The number of nitrogens with one attached hydrogen (secondary N) is 1.